The quantitative estimate of drug-likeness (QED) is 0.785. The van der Waals surface area contributed by atoms with Gasteiger partial charge in [-0.25, -0.2) is 8.78 Å². The summed E-state index contributed by atoms with van der Waals surface area (Å²) >= 11 is 0. The van der Waals surface area contributed by atoms with Crippen LogP contribution >= 0.6 is 0 Å². The number of carbonyl (C=O) groups excluding carboxylic acids is 1. The fourth-order valence-electron chi connectivity index (χ4n) is 3.53. The molecule has 0 aromatic heterocycles. The van der Waals surface area contributed by atoms with E-state index >= 15 is 0 Å². The summed E-state index contributed by atoms with van der Waals surface area (Å²) in [7, 11) is 0. The zero-order valence-electron chi connectivity index (χ0n) is 15.4. The van der Waals surface area contributed by atoms with Gasteiger partial charge < -0.3 is 10.6 Å². The van der Waals surface area contributed by atoms with Crippen LogP contribution in [-0.2, 0) is 17.9 Å². The van der Waals surface area contributed by atoms with Crippen molar-refractivity contribution in [2.24, 2.45) is 0 Å². The normalized spacial score (nSPS) is 20.0. The second kappa shape index (κ2) is 9.06. The maximum Gasteiger partial charge on any atom is 0.237 e. The van der Waals surface area contributed by atoms with Gasteiger partial charge in [0, 0.05) is 43.9 Å². The lowest BCUT2D eigenvalue weighted by molar-refractivity contribution is -0.125. The molecule has 1 fully saturated rings. The first-order valence-electron chi connectivity index (χ1n) is 9.29. The van der Waals surface area contributed by atoms with Crippen LogP contribution in [0.2, 0.25) is 0 Å². The average Bonchev–Trinajstić information content (AvgIpc) is 3.05. The van der Waals surface area contributed by atoms with Gasteiger partial charge in [-0.15, -0.1) is 0 Å². The van der Waals surface area contributed by atoms with Crippen molar-refractivity contribution < 1.29 is 13.6 Å². The van der Waals surface area contributed by atoms with E-state index in [4.69, 9.17) is 0 Å². The van der Waals surface area contributed by atoms with Crippen LogP contribution in [0.4, 0.5) is 8.78 Å². The molecule has 0 spiro atoms. The molecule has 0 bridgehead atoms. The molecule has 6 heteroatoms. The van der Waals surface area contributed by atoms with Crippen molar-refractivity contribution in [2.45, 2.75) is 38.5 Å². The van der Waals surface area contributed by atoms with Crippen molar-refractivity contribution in [3.05, 3.63) is 71.3 Å². The molecule has 2 N–H and O–H groups in total. The number of hydrogen-bond acceptors (Lipinski definition) is 3. The Labute approximate surface area is 158 Å². The van der Waals surface area contributed by atoms with Crippen molar-refractivity contribution in [1.29, 1.82) is 0 Å². The molecule has 0 unspecified atom stereocenters. The lowest BCUT2D eigenvalue weighted by Crippen LogP contribution is -2.42. The van der Waals surface area contributed by atoms with E-state index in [9.17, 15) is 13.6 Å². The molecule has 27 heavy (non-hydrogen) atoms. The molecule has 3 rings (SSSR count). The van der Waals surface area contributed by atoms with E-state index in [-0.39, 0.29) is 18.0 Å². The van der Waals surface area contributed by atoms with Crippen LogP contribution in [0.15, 0.2) is 48.5 Å². The van der Waals surface area contributed by atoms with Crippen LogP contribution in [-0.4, -0.2) is 36.0 Å². The summed E-state index contributed by atoms with van der Waals surface area (Å²) in [6.45, 7) is 4.18. The Bertz CT molecular complexity index is 769. The summed E-state index contributed by atoms with van der Waals surface area (Å²) in [5, 5.41) is 6.22. The number of nitrogens with one attached hydrogen (secondary N) is 2. The number of hydrogen-bond donors (Lipinski definition) is 2. The molecule has 0 radical (unpaired) electrons. The van der Waals surface area contributed by atoms with Gasteiger partial charge in [-0.2, -0.15) is 0 Å². The third-order valence-electron chi connectivity index (χ3n) is 4.88. The third kappa shape index (κ3) is 5.11. The summed E-state index contributed by atoms with van der Waals surface area (Å²) in [6, 6.07) is 13.5. The second-order valence-electron chi connectivity index (χ2n) is 6.87. The Morgan fingerprint density at radius 2 is 1.96 bits per heavy atom. The summed E-state index contributed by atoms with van der Waals surface area (Å²) in [5.41, 5.74) is 1.57. The van der Waals surface area contributed by atoms with Gasteiger partial charge >= 0.3 is 0 Å². The lowest BCUT2D eigenvalue weighted by atomic mass is 10.1. The van der Waals surface area contributed by atoms with Gasteiger partial charge in [0.05, 0.1) is 6.04 Å². The molecule has 0 aliphatic carbocycles. The summed E-state index contributed by atoms with van der Waals surface area (Å²) in [6.07, 6.45) is 0.654. The highest BCUT2D eigenvalue weighted by atomic mass is 19.1. The fraction of sp³-hybridized carbons (Fsp3) is 0.381. The summed E-state index contributed by atoms with van der Waals surface area (Å²) in [5.74, 6) is -1.12. The molecule has 1 amide bonds. The summed E-state index contributed by atoms with van der Waals surface area (Å²) < 4.78 is 26.9. The number of nitrogens with zero attached hydrogens (tertiary/aromatic N) is 1. The van der Waals surface area contributed by atoms with Gasteiger partial charge in [-0.05, 0) is 25.0 Å². The van der Waals surface area contributed by atoms with E-state index in [1.54, 1.807) is 0 Å². The molecule has 1 heterocycles. The van der Waals surface area contributed by atoms with Crippen LogP contribution < -0.4 is 10.6 Å². The van der Waals surface area contributed by atoms with Gasteiger partial charge in [0.2, 0.25) is 5.91 Å². The fourth-order valence-corrected chi connectivity index (χ4v) is 3.53. The van der Waals surface area contributed by atoms with Crippen molar-refractivity contribution in [2.75, 3.05) is 13.1 Å². The van der Waals surface area contributed by atoms with Crippen molar-refractivity contribution in [3.63, 3.8) is 0 Å². The van der Waals surface area contributed by atoms with Crippen LogP contribution in [0.1, 0.15) is 24.5 Å². The number of rotatable bonds is 7. The van der Waals surface area contributed by atoms with Crippen molar-refractivity contribution in [3.8, 4) is 0 Å². The first kappa shape index (κ1) is 19.5. The number of likely N-dealkylation sites (N-methyl/N-ethyl adjacent to an activating group) is 1. The van der Waals surface area contributed by atoms with E-state index in [0.29, 0.717) is 38.2 Å². The average molecular weight is 373 g/mol. The molecule has 2 atom stereocenters. The molecule has 144 valence electrons. The molecule has 2 aromatic carbocycles. The van der Waals surface area contributed by atoms with E-state index in [0.717, 1.165) is 11.6 Å². The number of amides is 1. The van der Waals surface area contributed by atoms with Crippen LogP contribution in [0.25, 0.3) is 0 Å². The van der Waals surface area contributed by atoms with Crippen molar-refractivity contribution >= 4 is 5.91 Å². The molecule has 2 aromatic rings. The van der Waals surface area contributed by atoms with E-state index in [1.165, 1.54) is 12.1 Å². The highest BCUT2D eigenvalue weighted by Crippen LogP contribution is 2.22. The smallest absolute Gasteiger partial charge is 0.237 e. The van der Waals surface area contributed by atoms with Gasteiger partial charge in [-0.3, -0.25) is 9.69 Å². The van der Waals surface area contributed by atoms with Crippen molar-refractivity contribution in [1.82, 2.24) is 15.5 Å². The predicted molar refractivity (Wildman–Crippen MR) is 101 cm³/mol. The minimum absolute atomic E-state index is 0.0192. The zero-order valence-corrected chi connectivity index (χ0v) is 15.4. The van der Waals surface area contributed by atoms with E-state index < -0.39 is 11.6 Å². The molecule has 4 nitrogen and oxygen atoms in total. The van der Waals surface area contributed by atoms with Crippen LogP contribution in [0, 0.1) is 11.6 Å². The SMILES string of the molecule is CCNC(=O)[C@@H]1C[C@H](NCc2ccc(F)cc2F)CN1Cc1ccccc1. The second-order valence-corrected chi connectivity index (χ2v) is 6.87. The Hall–Kier alpha value is -2.31. The van der Waals surface area contributed by atoms with Gasteiger partial charge in [0.1, 0.15) is 11.6 Å². The first-order chi connectivity index (χ1) is 13.1. The largest absolute Gasteiger partial charge is 0.355 e. The third-order valence-corrected chi connectivity index (χ3v) is 4.88. The summed E-state index contributed by atoms with van der Waals surface area (Å²) in [4.78, 5) is 14.6. The minimum atomic E-state index is -0.581. The van der Waals surface area contributed by atoms with Gasteiger partial charge in [-0.1, -0.05) is 36.4 Å². The standard InChI is InChI=1S/C21H25F2N3O/c1-2-24-21(27)20-11-18(14-26(20)13-15-6-4-3-5-7-15)25-12-16-8-9-17(22)10-19(16)23/h3-10,18,20,25H,2,11-14H2,1H3,(H,24,27)/t18-,20-/m0/s1. The van der Waals surface area contributed by atoms with Gasteiger partial charge in [0.15, 0.2) is 0 Å². The highest BCUT2D eigenvalue weighted by Gasteiger charge is 2.36. The zero-order chi connectivity index (χ0) is 19.2. The van der Waals surface area contributed by atoms with E-state index in [2.05, 4.69) is 15.5 Å². The van der Waals surface area contributed by atoms with E-state index in [1.807, 2.05) is 37.3 Å². The maximum absolute atomic E-state index is 13.8. The lowest BCUT2D eigenvalue weighted by Gasteiger charge is -2.23. The molecule has 1 aliphatic rings. The Morgan fingerprint density at radius 3 is 2.67 bits per heavy atom. The van der Waals surface area contributed by atoms with Crippen LogP contribution in [0.5, 0.6) is 0 Å². The molecular weight excluding hydrogens is 348 g/mol. The molecule has 1 saturated heterocycles. The molecule has 0 saturated carbocycles. The van der Waals surface area contributed by atoms with Gasteiger partial charge in [0.25, 0.3) is 0 Å². The maximum atomic E-state index is 13.8. The monoisotopic (exact) mass is 373 g/mol. The molecule has 1 aliphatic heterocycles. The minimum Gasteiger partial charge on any atom is -0.355 e. The Kier molecular flexibility index (Phi) is 6.53. The van der Waals surface area contributed by atoms with Crippen LogP contribution in [0.3, 0.4) is 0 Å². The highest BCUT2D eigenvalue weighted by molar-refractivity contribution is 5.82. The first-order valence-corrected chi connectivity index (χ1v) is 9.29. The Balaban J connectivity index is 1.65. The number of likely N-dealkylation sites (tertiary alicyclic amines) is 1. The number of benzene rings is 2. The number of halogens is 2. The predicted octanol–water partition coefficient (Wildman–Crippen LogP) is 2.83. The number of carbonyl (C=O) groups is 1. The topological polar surface area (TPSA) is 44.4 Å². The molecular formula is C21H25F2N3O. The Morgan fingerprint density at radius 1 is 1.19 bits per heavy atom.